The Morgan fingerprint density at radius 1 is 0.786 bits per heavy atom. The summed E-state index contributed by atoms with van der Waals surface area (Å²) in [5, 5.41) is 0.705. The highest BCUT2D eigenvalue weighted by Gasteiger charge is 2.20. The molecule has 3 aromatic carbocycles. The van der Waals surface area contributed by atoms with Gasteiger partial charge in [-0.2, -0.15) is 0 Å². The molecule has 0 aliphatic rings. The van der Waals surface area contributed by atoms with Crippen LogP contribution in [0.4, 0.5) is 0 Å². The van der Waals surface area contributed by atoms with Crippen molar-refractivity contribution in [2.24, 2.45) is 11.7 Å². The zero-order valence-electron chi connectivity index (χ0n) is 16.2. The molecule has 3 rings (SSSR count). The first-order chi connectivity index (χ1) is 13.5. The lowest BCUT2D eigenvalue weighted by atomic mass is 9.84. The molecule has 0 unspecified atom stereocenters. The standard InChI is InChI=1S/C25H25ClNO/c1-17(2)16-23(27)25(28)21-10-8-19(9-11-21)24(18-6-4-3-5-7-18)20-12-14-22(26)15-13-20/h3-15,17,23H,16,27H2,1-2H3/t23-/m0/s1. The van der Waals surface area contributed by atoms with Crippen molar-refractivity contribution in [3.63, 3.8) is 0 Å². The van der Waals surface area contributed by atoms with Crippen molar-refractivity contribution in [1.82, 2.24) is 0 Å². The van der Waals surface area contributed by atoms with E-state index in [0.29, 0.717) is 22.9 Å². The van der Waals surface area contributed by atoms with E-state index in [1.165, 1.54) is 0 Å². The minimum absolute atomic E-state index is 0.00648. The molecular formula is C25H25ClNO. The van der Waals surface area contributed by atoms with E-state index >= 15 is 0 Å². The van der Waals surface area contributed by atoms with Crippen LogP contribution in [0.2, 0.25) is 5.02 Å². The molecule has 0 aliphatic carbocycles. The number of Topliss-reactive ketones (excluding diaryl/α,β-unsaturated/α-hetero) is 1. The maximum Gasteiger partial charge on any atom is 0.179 e. The quantitative estimate of drug-likeness (QED) is 0.402. The van der Waals surface area contributed by atoms with Gasteiger partial charge in [0.1, 0.15) is 0 Å². The normalized spacial score (nSPS) is 12.4. The van der Waals surface area contributed by atoms with Gasteiger partial charge in [-0.15, -0.1) is 0 Å². The largest absolute Gasteiger partial charge is 0.321 e. The van der Waals surface area contributed by atoms with E-state index in [-0.39, 0.29) is 5.78 Å². The van der Waals surface area contributed by atoms with Gasteiger partial charge in [-0.1, -0.05) is 92.2 Å². The molecule has 0 aliphatic heterocycles. The number of ketones is 1. The van der Waals surface area contributed by atoms with Crippen molar-refractivity contribution in [1.29, 1.82) is 0 Å². The van der Waals surface area contributed by atoms with Crippen molar-refractivity contribution in [3.05, 3.63) is 112 Å². The highest BCUT2D eigenvalue weighted by atomic mass is 35.5. The highest BCUT2D eigenvalue weighted by molar-refractivity contribution is 6.30. The zero-order chi connectivity index (χ0) is 20.1. The third kappa shape index (κ3) is 4.89. The second-order valence-corrected chi connectivity index (χ2v) is 7.86. The molecule has 0 fully saturated rings. The lowest BCUT2D eigenvalue weighted by Gasteiger charge is -2.19. The number of carbonyl (C=O) groups is 1. The van der Waals surface area contributed by atoms with Gasteiger partial charge in [0.25, 0.3) is 0 Å². The number of carbonyl (C=O) groups excluding carboxylic acids is 1. The fourth-order valence-electron chi connectivity index (χ4n) is 3.35. The second kappa shape index (κ2) is 9.18. The number of hydrogen-bond acceptors (Lipinski definition) is 2. The molecule has 0 saturated heterocycles. The smallest absolute Gasteiger partial charge is 0.179 e. The molecule has 1 radical (unpaired) electrons. The Morgan fingerprint density at radius 2 is 1.25 bits per heavy atom. The van der Waals surface area contributed by atoms with Gasteiger partial charge in [0, 0.05) is 10.6 Å². The fraction of sp³-hybridized carbons (Fsp3) is 0.200. The Balaban J connectivity index is 1.93. The molecule has 0 amide bonds. The molecule has 2 N–H and O–H groups in total. The molecule has 143 valence electrons. The lowest BCUT2D eigenvalue weighted by Crippen LogP contribution is -2.31. The molecule has 0 saturated carbocycles. The van der Waals surface area contributed by atoms with Gasteiger partial charge in [-0.3, -0.25) is 4.79 Å². The van der Waals surface area contributed by atoms with Crippen LogP contribution < -0.4 is 5.73 Å². The Kier molecular flexibility index (Phi) is 6.66. The summed E-state index contributed by atoms with van der Waals surface area (Å²) in [6.07, 6.45) is 0.687. The van der Waals surface area contributed by atoms with E-state index in [4.69, 9.17) is 17.3 Å². The van der Waals surface area contributed by atoms with Gasteiger partial charge in [-0.05, 0) is 41.2 Å². The Bertz CT molecular complexity index is 902. The predicted molar refractivity (Wildman–Crippen MR) is 117 cm³/mol. The summed E-state index contributed by atoms with van der Waals surface area (Å²) in [4.78, 5) is 12.6. The molecule has 1 atom stereocenters. The molecule has 2 nitrogen and oxygen atoms in total. The number of nitrogens with two attached hydrogens (primary N) is 1. The first-order valence-electron chi connectivity index (χ1n) is 9.54. The minimum Gasteiger partial charge on any atom is -0.321 e. The Labute approximate surface area is 172 Å². The highest BCUT2D eigenvalue weighted by Crippen LogP contribution is 2.31. The van der Waals surface area contributed by atoms with Crippen LogP contribution in [0.25, 0.3) is 0 Å². The van der Waals surface area contributed by atoms with Gasteiger partial charge in [-0.25, -0.2) is 0 Å². The van der Waals surface area contributed by atoms with Gasteiger partial charge in [0.15, 0.2) is 5.78 Å². The number of rotatable bonds is 7. The third-order valence-electron chi connectivity index (χ3n) is 4.72. The number of benzene rings is 3. The first-order valence-corrected chi connectivity index (χ1v) is 9.92. The summed E-state index contributed by atoms with van der Waals surface area (Å²) >= 11 is 6.07. The van der Waals surface area contributed by atoms with Crippen LogP contribution in [-0.4, -0.2) is 11.8 Å². The van der Waals surface area contributed by atoms with Crippen molar-refractivity contribution in [3.8, 4) is 0 Å². The van der Waals surface area contributed by atoms with Crippen molar-refractivity contribution >= 4 is 17.4 Å². The first kappa shape index (κ1) is 20.3. The van der Waals surface area contributed by atoms with Crippen LogP contribution >= 0.6 is 11.6 Å². The van der Waals surface area contributed by atoms with E-state index < -0.39 is 6.04 Å². The van der Waals surface area contributed by atoms with E-state index in [1.807, 2.05) is 66.7 Å². The SMILES string of the molecule is CC(C)C[C@H](N)C(=O)c1ccc([C](c2ccccc2)c2ccc(Cl)cc2)cc1. The van der Waals surface area contributed by atoms with Gasteiger partial charge in [0.05, 0.1) is 12.0 Å². The summed E-state index contributed by atoms with van der Waals surface area (Å²) in [5.41, 5.74) is 9.96. The third-order valence-corrected chi connectivity index (χ3v) is 4.97. The van der Waals surface area contributed by atoms with Crippen molar-refractivity contribution in [2.75, 3.05) is 0 Å². The van der Waals surface area contributed by atoms with Crippen molar-refractivity contribution < 1.29 is 4.79 Å². The van der Waals surface area contributed by atoms with E-state index in [2.05, 4.69) is 26.0 Å². The van der Waals surface area contributed by atoms with E-state index in [1.54, 1.807) is 0 Å². The number of halogens is 1. The Hall–Kier alpha value is -2.42. The summed E-state index contributed by atoms with van der Waals surface area (Å²) in [6, 6.07) is 25.3. The fourth-order valence-corrected chi connectivity index (χ4v) is 3.48. The van der Waals surface area contributed by atoms with Crippen LogP contribution in [0, 0.1) is 11.8 Å². The number of hydrogen-bond donors (Lipinski definition) is 1. The monoisotopic (exact) mass is 390 g/mol. The predicted octanol–water partition coefficient (Wildman–Crippen LogP) is 5.92. The summed E-state index contributed by atoms with van der Waals surface area (Å²) in [6.45, 7) is 4.15. The average molecular weight is 391 g/mol. The van der Waals surface area contributed by atoms with Gasteiger partial charge >= 0.3 is 0 Å². The van der Waals surface area contributed by atoms with Crippen LogP contribution in [0.1, 0.15) is 47.3 Å². The molecular weight excluding hydrogens is 366 g/mol. The van der Waals surface area contributed by atoms with Crippen LogP contribution in [0.5, 0.6) is 0 Å². The summed E-state index contributed by atoms with van der Waals surface area (Å²) in [7, 11) is 0. The second-order valence-electron chi connectivity index (χ2n) is 7.43. The Morgan fingerprint density at radius 3 is 1.79 bits per heavy atom. The summed E-state index contributed by atoms with van der Waals surface area (Å²) in [5.74, 6) is 1.48. The molecule has 0 aromatic heterocycles. The molecule has 3 heteroatoms. The lowest BCUT2D eigenvalue weighted by molar-refractivity contribution is 0.0951. The zero-order valence-corrected chi connectivity index (χ0v) is 17.0. The molecule has 0 spiro atoms. The maximum atomic E-state index is 12.6. The van der Waals surface area contributed by atoms with Gasteiger partial charge < -0.3 is 5.73 Å². The van der Waals surface area contributed by atoms with Crippen LogP contribution in [0.15, 0.2) is 78.9 Å². The van der Waals surface area contributed by atoms with Crippen LogP contribution in [0.3, 0.4) is 0 Å². The van der Waals surface area contributed by atoms with E-state index in [9.17, 15) is 4.79 Å². The molecule has 0 bridgehead atoms. The molecule has 28 heavy (non-hydrogen) atoms. The van der Waals surface area contributed by atoms with Crippen LogP contribution in [-0.2, 0) is 0 Å². The topological polar surface area (TPSA) is 43.1 Å². The van der Waals surface area contributed by atoms with E-state index in [0.717, 1.165) is 22.6 Å². The van der Waals surface area contributed by atoms with Crippen molar-refractivity contribution in [2.45, 2.75) is 26.3 Å². The molecule has 0 heterocycles. The minimum atomic E-state index is -0.459. The summed E-state index contributed by atoms with van der Waals surface area (Å²) < 4.78 is 0. The molecule has 3 aromatic rings. The van der Waals surface area contributed by atoms with Gasteiger partial charge in [0.2, 0.25) is 0 Å². The maximum absolute atomic E-state index is 12.6. The average Bonchev–Trinajstić information content (AvgIpc) is 2.70.